The molecule has 0 saturated carbocycles. The van der Waals surface area contributed by atoms with E-state index in [1.54, 1.807) is 0 Å². The zero-order chi connectivity index (χ0) is 22.9. The Balaban J connectivity index is 1.55. The van der Waals surface area contributed by atoms with Crippen LogP contribution in [-0.2, 0) is 15.1 Å². The van der Waals surface area contributed by atoms with Gasteiger partial charge in [-0.3, -0.25) is 14.5 Å². The Morgan fingerprint density at radius 1 is 1.12 bits per heavy atom. The van der Waals surface area contributed by atoms with Crippen LogP contribution in [0.4, 0.5) is 13.6 Å². The number of nitrogens with zero attached hydrogens (tertiary/aromatic N) is 1. The minimum Gasteiger partial charge on any atom is -0.343 e. The molecular weight excluding hydrogens is 436 g/mol. The van der Waals surface area contributed by atoms with Gasteiger partial charge in [0.05, 0.1) is 6.04 Å². The summed E-state index contributed by atoms with van der Waals surface area (Å²) >= 11 is 1.46. The van der Waals surface area contributed by atoms with Crippen molar-refractivity contribution in [1.82, 2.24) is 15.5 Å². The van der Waals surface area contributed by atoms with Crippen molar-refractivity contribution in [3.05, 3.63) is 93.7 Å². The Hall–Kier alpha value is -3.59. The first-order valence-electron chi connectivity index (χ1n) is 9.77. The second-order valence-electron chi connectivity index (χ2n) is 7.50. The van der Waals surface area contributed by atoms with Crippen LogP contribution in [0.1, 0.15) is 29.0 Å². The van der Waals surface area contributed by atoms with Crippen molar-refractivity contribution in [3.63, 3.8) is 0 Å². The van der Waals surface area contributed by atoms with Crippen LogP contribution in [0.3, 0.4) is 0 Å². The molecule has 3 aromatic rings. The number of rotatable bonds is 6. The number of amides is 4. The third-order valence-electron chi connectivity index (χ3n) is 5.31. The Labute approximate surface area is 186 Å². The fourth-order valence-corrected chi connectivity index (χ4v) is 4.48. The SMILES string of the molecule is C[C@]1(c2cc(F)ccc2F)NC(=O)N(CC(=O)N[C@@H](c2ccccc2)c2cccs2)C1=O. The zero-order valence-electron chi connectivity index (χ0n) is 17.0. The lowest BCUT2D eigenvalue weighted by Crippen LogP contribution is -2.44. The molecule has 6 nitrogen and oxygen atoms in total. The van der Waals surface area contributed by atoms with Crippen molar-refractivity contribution >= 4 is 29.2 Å². The molecule has 32 heavy (non-hydrogen) atoms. The van der Waals surface area contributed by atoms with Crippen LogP contribution in [0.15, 0.2) is 66.0 Å². The number of benzene rings is 2. The van der Waals surface area contributed by atoms with E-state index in [9.17, 15) is 23.2 Å². The van der Waals surface area contributed by atoms with E-state index in [1.807, 2.05) is 47.8 Å². The first kappa shape index (κ1) is 21.6. The monoisotopic (exact) mass is 455 g/mol. The topological polar surface area (TPSA) is 78.5 Å². The van der Waals surface area contributed by atoms with E-state index < -0.39 is 47.6 Å². The van der Waals surface area contributed by atoms with Crippen molar-refractivity contribution in [3.8, 4) is 0 Å². The van der Waals surface area contributed by atoms with Gasteiger partial charge in [0.2, 0.25) is 5.91 Å². The van der Waals surface area contributed by atoms with Gasteiger partial charge in [0.1, 0.15) is 23.7 Å². The standard InChI is InChI=1S/C23H19F2N3O3S/c1-23(16-12-15(24)9-10-17(16)25)21(30)28(22(31)27-23)13-19(29)26-20(18-8-5-11-32-18)14-6-3-2-4-7-14/h2-12,20H,13H2,1H3,(H,26,29)(H,27,31)/t20-,23+/m0/s1. The molecule has 4 amide bonds. The largest absolute Gasteiger partial charge is 0.343 e. The number of urea groups is 1. The molecule has 0 spiro atoms. The van der Waals surface area contributed by atoms with Gasteiger partial charge in [0.25, 0.3) is 5.91 Å². The van der Waals surface area contributed by atoms with E-state index in [1.165, 1.54) is 18.3 Å². The molecule has 2 N–H and O–H groups in total. The van der Waals surface area contributed by atoms with Gasteiger partial charge in [-0.05, 0) is 42.1 Å². The van der Waals surface area contributed by atoms with E-state index >= 15 is 0 Å². The fraction of sp³-hybridized carbons (Fsp3) is 0.174. The van der Waals surface area contributed by atoms with E-state index in [0.717, 1.165) is 28.6 Å². The van der Waals surface area contributed by atoms with Gasteiger partial charge in [-0.2, -0.15) is 0 Å². The van der Waals surface area contributed by atoms with Crippen LogP contribution in [0, 0.1) is 11.6 Å². The second-order valence-corrected chi connectivity index (χ2v) is 8.48. The molecule has 2 aromatic carbocycles. The number of carbonyl (C=O) groups excluding carboxylic acids is 3. The van der Waals surface area contributed by atoms with E-state index in [2.05, 4.69) is 10.6 Å². The number of halogens is 2. The number of imide groups is 1. The number of hydrogen-bond donors (Lipinski definition) is 2. The Kier molecular flexibility index (Phi) is 5.75. The highest BCUT2D eigenvalue weighted by atomic mass is 32.1. The lowest BCUT2D eigenvalue weighted by atomic mass is 9.91. The Morgan fingerprint density at radius 3 is 2.56 bits per heavy atom. The van der Waals surface area contributed by atoms with Gasteiger partial charge in [-0.25, -0.2) is 13.6 Å². The minimum atomic E-state index is -1.82. The van der Waals surface area contributed by atoms with Crippen LogP contribution < -0.4 is 10.6 Å². The molecule has 1 aliphatic heterocycles. The molecule has 0 bridgehead atoms. The molecule has 0 unspecified atom stereocenters. The molecule has 0 radical (unpaired) electrons. The maximum Gasteiger partial charge on any atom is 0.325 e. The highest BCUT2D eigenvalue weighted by Crippen LogP contribution is 2.31. The van der Waals surface area contributed by atoms with Crippen molar-refractivity contribution in [2.24, 2.45) is 0 Å². The van der Waals surface area contributed by atoms with Gasteiger partial charge < -0.3 is 10.6 Å². The first-order valence-corrected chi connectivity index (χ1v) is 10.6. The predicted molar refractivity (Wildman–Crippen MR) is 115 cm³/mol. The van der Waals surface area contributed by atoms with Crippen LogP contribution in [0.25, 0.3) is 0 Å². The lowest BCUT2D eigenvalue weighted by molar-refractivity contribution is -0.135. The van der Waals surface area contributed by atoms with E-state index in [4.69, 9.17) is 0 Å². The zero-order valence-corrected chi connectivity index (χ0v) is 17.8. The van der Waals surface area contributed by atoms with E-state index in [-0.39, 0.29) is 5.56 Å². The number of thiophene rings is 1. The highest BCUT2D eigenvalue weighted by Gasteiger charge is 2.51. The summed E-state index contributed by atoms with van der Waals surface area (Å²) in [5, 5.41) is 7.12. The van der Waals surface area contributed by atoms with Crippen LogP contribution in [-0.4, -0.2) is 29.3 Å². The molecule has 1 aromatic heterocycles. The number of nitrogens with one attached hydrogen (secondary N) is 2. The van der Waals surface area contributed by atoms with Crippen LogP contribution in [0.2, 0.25) is 0 Å². The van der Waals surface area contributed by atoms with Crippen molar-refractivity contribution in [2.45, 2.75) is 18.5 Å². The van der Waals surface area contributed by atoms with Gasteiger partial charge >= 0.3 is 6.03 Å². The van der Waals surface area contributed by atoms with Gasteiger partial charge in [0.15, 0.2) is 0 Å². The molecular formula is C23H19F2N3O3S. The summed E-state index contributed by atoms with van der Waals surface area (Å²) in [5.41, 5.74) is -1.29. The van der Waals surface area contributed by atoms with Crippen molar-refractivity contribution < 1.29 is 23.2 Å². The molecule has 2 heterocycles. The lowest BCUT2D eigenvalue weighted by Gasteiger charge is -2.23. The van der Waals surface area contributed by atoms with Crippen LogP contribution in [0.5, 0.6) is 0 Å². The quantitative estimate of drug-likeness (QED) is 0.557. The summed E-state index contributed by atoms with van der Waals surface area (Å²) < 4.78 is 28.0. The number of hydrogen-bond acceptors (Lipinski definition) is 4. The van der Waals surface area contributed by atoms with Crippen molar-refractivity contribution in [2.75, 3.05) is 6.54 Å². The normalized spacial score (nSPS) is 19.0. The summed E-state index contributed by atoms with van der Waals surface area (Å²) in [6, 6.07) is 14.4. The molecule has 9 heteroatoms. The smallest absolute Gasteiger partial charge is 0.325 e. The molecule has 2 atom stereocenters. The average molecular weight is 455 g/mol. The third kappa shape index (κ3) is 3.99. The minimum absolute atomic E-state index is 0.306. The highest BCUT2D eigenvalue weighted by molar-refractivity contribution is 7.10. The van der Waals surface area contributed by atoms with Gasteiger partial charge in [-0.1, -0.05) is 36.4 Å². The van der Waals surface area contributed by atoms with Crippen LogP contribution >= 0.6 is 11.3 Å². The molecule has 1 fully saturated rings. The van der Waals surface area contributed by atoms with Gasteiger partial charge in [-0.15, -0.1) is 11.3 Å². The predicted octanol–water partition coefficient (Wildman–Crippen LogP) is 3.70. The van der Waals surface area contributed by atoms with E-state index in [0.29, 0.717) is 4.90 Å². The van der Waals surface area contributed by atoms with Crippen molar-refractivity contribution in [1.29, 1.82) is 0 Å². The molecule has 1 aliphatic rings. The molecule has 4 rings (SSSR count). The molecule has 1 saturated heterocycles. The average Bonchev–Trinajstić information content (AvgIpc) is 3.38. The second kappa shape index (κ2) is 8.51. The summed E-state index contributed by atoms with van der Waals surface area (Å²) in [6.45, 7) is 0.716. The summed E-state index contributed by atoms with van der Waals surface area (Å²) in [7, 11) is 0. The maximum absolute atomic E-state index is 14.3. The van der Waals surface area contributed by atoms with Gasteiger partial charge in [0, 0.05) is 10.4 Å². The number of carbonyl (C=O) groups is 3. The summed E-state index contributed by atoms with van der Waals surface area (Å²) in [6.07, 6.45) is 0. The molecule has 164 valence electrons. The Bertz CT molecular complexity index is 1170. The first-order chi connectivity index (χ1) is 15.3. The molecule has 0 aliphatic carbocycles. The Morgan fingerprint density at radius 2 is 1.88 bits per heavy atom. The third-order valence-corrected chi connectivity index (χ3v) is 6.25. The fourth-order valence-electron chi connectivity index (χ4n) is 3.67. The summed E-state index contributed by atoms with van der Waals surface area (Å²) in [5.74, 6) is -2.99. The maximum atomic E-state index is 14.3. The summed E-state index contributed by atoms with van der Waals surface area (Å²) in [4.78, 5) is 39.9.